The Kier molecular flexibility index (Phi) is 5.93. The zero-order valence-electron chi connectivity index (χ0n) is 13.4. The molecule has 1 aromatic carbocycles. The quantitative estimate of drug-likeness (QED) is 0.751. The van der Waals surface area contributed by atoms with E-state index in [9.17, 15) is 9.59 Å². The van der Waals surface area contributed by atoms with Crippen LogP contribution >= 0.6 is 11.3 Å². The van der Waals surface area contributed by atoms with Gasteiger partial charge in [-0.15, -0.1) is 11.3 Å². The minimum absolute atomic E-state index is 0.0484. The molecule has 3 N–H and O–H groups in total. The predicted molar refractivity (Wildman–Crippen MR) is 95.0 cm³/mol. The van der Waals surface area contributed by atoms with E-state index >= 15 is 0 Å². The summed E-state index contributed by atoms with van der Waals surface area (Å²) in [5, 5.41) is 19.7. The number of hydrogen-bond donors (Lipinski definition) is 3. The Labute approximate surface area is 144 Å². The third kappa shape index (κ3) is 4.57. The van der Waals surface area contributed by atoms with E-state index in [-0.39, 0.29) is 11.8 Å². The van der Waals surface area contributed by atoms with E-state index in [1.807, 2.05) is 30.3 Å². The molecule has 1 heterocycles. The van der Waals surface area contributed by atoms with Crippen molar-refractivity contribution >= 4 is 33.8 Å². The maximum atomic E-state index is 12.2. The minimum atomic E-state index is -0.469. The molecular weight excluding hydrogens is 324 g/mol. The van der Waals surface area contributed by atoms with Crippen molar-refractivity contribution < 1.29 is 9.59 Å². The van der Waals surface area contributed by atoms with Crippen molar-refractivity contribution in [1.82, 2.24) is 5.32 Å². The Bertz CT molecular complexity index is 762. The van der Waals surface area contributed by atoms with E-state index in [4.69, 9.17) is 5.26 Å². The van der Waals surface area contributed by atoms with Crippen LogP contribution in [0.5, 0.6) is 0 Å². The highest BCUT2D eigenvalue weighted by Gasteiger charge is 2.15. The number of carbonyl (C=O) groups excluding carboxylic acids is 2. The maximum Gasteiger partial charge on any atom is 0.247 e. The third-order valence-corrected chi connectivity index (χ3v) is 4.23. The Morgan fingerprint density at radius 3 is 2.58 bits per heavy atom. The standard InChI is InChI=1S/C17H18N4O2S/c1-11(16(23)21-17-13(10-18)7-8-24-17)20-14-5-3-12(4-6-14)9-15(22)19-2/h3-8,11,20H,9H2,1-2H3,(H,19,22)(H,21,23)/t11-/m0/s1. The molecule has 0 radical (unpaired) electrons. The number of hydrogen-bond acceptors (Lipinski definition) is 5. The molecule has 6 nitrogen and oxygen atoms in total. The summed E-state index contributed by atoms with van der Waals surface area (Å²) in [5.41, 5.74) is 2.14. The molecule has 0 bridgehead atoms. The fourth-order valence-corrected chi connectivity index (χ4v) is 2.76. The molecule has 0 aliphatic rings. The number of thiophene rings is 1. The Hall–Kier alpha value is -2.85. The van der Waals surface area contributed by atoms with Gasteiger partial charge in [0.05, 0.1) is 12.0 Å². The normalized spacial score (nSPS) is 11.2. The summed E-state index contributed by atoms with van der Waals surface area (Å²) in [7, 11) is 1.60. The Morgan fingerprint density at radius 2 is 1.96 bits per heavy atom. The van der Waals surface area contributed by atoms with Crippen LogP contribution in [0.25, 0.3) is 0 Å². The molecule has 2 aromatic rings. The molecule has 24 heavy (non-hydrogen) atoms. The van der Waals surface area contributed by atoms with E-state index in [0.29, 0.717) is 17.0 Å². The molecule has 2 amide bonds. The molecule has 1 aromatic heterocycles. The highest BCUT2D eigenvalue weighted by Crippen LogP contribution is 2.22. The molecule has 0 unspecified atom stereocenters. The second-order valence-electron chi connectivity index (χ2n) is 5.18. The SMILES string of the molecule is CNC(=O)Cc1ccc(N[C@@H](C)C(=O)Nc2sccc2C#N)cc1. The van der Waals surface area contributed by atoms with Crippen molar-refractivity contribution in [1.29, 1.82) is 5.26 Å². The van der Waals surface area contributed by atoms with Crippen LogP contribution < -0.4 is 16.0 Å². The summed E-state index contributed by atoms with van der Waals surface area (Å²) in [4.78, 5) is 23.5. The zero-order valence-corrected chi connectivity index (χ0v) is 14.2. The topological polar surface area (TPSA) is 94.0 Å². The molecule has 7 heteroatoms. The van der Waals surface area contributed by atoms with Gasteiger partial charge in [-0.3, -0.25) is 9.59 Å². The van der Waals surface area contributed by atoms with E-state index < -0.39 is 6.04 Å². The predicted octanol–water partition coefficient (Wildman–Crippen LogP) is 2.35. The molecule has 1 atom stereocenters. The van der Waals surface area contributed by atoms with Gasteiger partial charge in [0, 0.05) is 12.7 Å². The first kappa shape index (κ1) is 17.5. The van der Waals surface area contributed by atoms with E-state index in [2.05, 4.69) is 16.0 Å². The summed E-state index contributed by atoms with van der Waals surface area (Å²) in [6.45, 7) is 1.74. The number of carbonyl (C=O) groups is 2. The van der Waals surface area contributed by atoms with Crippen molar-refractivity contribution in [3.05, 3.63) is 46.8 Å². The van der Waals surface area contributed by atoms with Gasteiger partial charge in [-0.25, -0.2) is 0 Å². The van der Waals surface area contributed by atoms with Gasteiger partial charge in [-0.1, -0.05) is 12.1 Å². The Morgan fingerprint density at radius 1 is 1.25 bits per heavy atom. The second-order valence-corrected chi connectivity index (χ2v) is 6.09. The number of nitrogens with one attached hydrogen (secondary N) is 3. The van der Waals surface area contributed by atoms with Gasteiger partial charge in [0.25, 0.3) is 0 Å². The number of nitriles is 1. The van der Waals surface area contributed by atoms with Crippen LogP contribution in [0.15, 0.2) is 35.7 Å². The average molecular weight is 342 g/mol. The molecular formula is C17H18N4O2S. The number of rotatable bonds is 6. The first-order valence-corrected chi connectivity index (χ1v) is 8.26. The van der Waals surface area contributed by atoms with Crippen LogP contribution in [0.3, 0.4) is 0 Å². The molecule has 124 valence electrons. The fraction of sp³-hybridized carbons (Fsp3) is 0.235. The lowest BCUT2D eigenvalue weighted by Gasteiger charge is -2.15. The molecule has 0 aliphatic carbocycles. The van der Waals surface area contributed by atoms with Crippen molar-refractivity contribution in [2.24, 2.45) is 0 Å². The molecule has 0 saturated carbocycles. The van der Waals surface area contributed by atoms with Crippen LogP contribution in [0, 0.1) is 11.3 Å². The van der Waals surface area contributed by atoms with Gasteiger partial charge in [0.1, 0.15) is 17.1 Å². The first-order chi connectivity index (χ1) is 11.5. The molecule has 0 saturated heterocycles. The summed E-state index contributed by atoms with van der Waals surface area (Å²) < 4.78 is 0. The van der Waals surface area contributed by atoms with E-state index in [1.54, 1.807) is 25.4 Å². The zero-order chi connectivity index (χ0) is 17.5. The molecule has 0 aliphatic heterocycles. The van der Waals surface area contributed by atoms with Crippen LogP contribution in [-0.4, -0.2) is 24.9 Å². The average Bonchev–Trinajstić information content (AvgIpc) is 3.03. The van der Waals surface area contributed by atoms with Crippen molar-refractivity contribution in [2.75, 3.05) is 17.7 Å². The smallest absolute Gasteiger partial charge is 0.247 e. The summed E-state index contributed by atoms with van der Waals surface area (Å²) in [5.74, 6) is -0.268. The monoisotopic (exact) mass is 342 g/mol. The number of anilines is 2. The number of nitrogens with zero attached hydrogens (tertiary/aromatic N) is 1. The maximum absolute atomic E-state index is 12.2. The largest absolute Gasteiger partial charge is 0.374 e. The van der Waals surface area contributed by atoms with Gasteiger partial charge >= 0.3 is 0 Å². The lowest BCUT2D eigenvalue weighted by molar-refractivity contribution is -0.120. The van der Waals surface area contributed by atoms with Crippen molar-refractivity contribution in [3.8, 4) is 6.07 Å². The van der Waals surface area contributed by atoms with Crippen LogP contribution in [0.4, 0.5) is 10.7 Å². The number of amides is 2. The van der Waals surface area contributed by atoms with Crippen LogP contribution in [0.1, 0.15) is 18.1 Å². The lowest BCUT2D eigenvalue weighted by Crippen LogP contribution is -2.31. The second kappa shape index (κ2) is 8.13. The summed E-state index contributed by atoms with van der Waals surface area (Å²) in [6, 6.07) is 10.6. The number of likely N-dealkylation sites (N-methyl/N-ethyl adjacent to an activating group) is 1. The molecule has 0 fully saturated rings. The highest BCUT2D eigenvalue weighted by atomic mass is 32.1. The van der Waals surface area contributed by atoms with Crippen LogP contribution in [-0.2, 0) is 16.0 Å². The van der Waals surface area contributed by atoms with Gasteiger partial charge in [-0.05, 0) is 36.1 Å². The van der Waals surface area contributed by atoms with Crippen molar-refractivity contribution in [2.45, 2.75) is 19.4 Å². The van der Waals surface area contributed by atoms with Crippen molar-refractivity contribution in [3.63, 3.8) is 0 Å². The van der Waals surface area contributed by atoms with Gasteiger partial charge in [-0.2, -0.15) is 5.26 Å². The minimum Gasteiger partial charge on any atom is -0.374 e. The Balaban J connectivity index is 1.94. The van der Waals surface area contributed by atoms with Crippen LogP contribution in [0.2, 0.25) is 0 Å². The van der Waals surface area contributed by atoms with E-state index in [0.717, 1.165) is 11.3 Å². The molecule has 2 rings (SSSR count). The van der Waals surface area contributed by atoms with Gasteiger partial charge in [0.15, 0.2) is 0 Å². The lowest BCUT2D eigenvalue weighted by atomic mass is 10.1. The molecule has 0 spiro atoms. The van der Waals surface area contributed by atoms with Gasteiger partial charge in [0.2, 0.25) is 11.8 Å². The third-order valence-electron chi connectivity index (χ3n) is 3.40. The highest BCUT2D eigenvalue weighted by molar-refractivity contribution is 7.14. The first-order valence-electron chi connectivity index (χ1n) is 7.38. The van der Waals surface area contributed by atoms with E-state index in [1.165, 1.54) is 11.3 Å². The fourth-order valence-electron chi connectivity index (χ4n) is 2.02. The summed E-state index contributed by atoms with van der Waals surface area (Å²) in [6.07, 6.45) is 0.322. The van der Waals surface area contributed by atoms with Gasteiger partial charge < -0.3 is 16.0 Å². The summed E-state index contributed by atoms with van der Waals surface area (Å²) >= 11 is 1.32. The number of benzene rings is 1.